The molecule has 0 radical (unpaired) electrons. The van der Waals surface area contributed by atoms with Gasteiger partial charge in [-0.1, -0.05) is 12.1 Å². The summed E-state index contributed by atoms with van der Waals surface area (Å²) in [5.41, 5.74) is 0.692. The fourth-order valence-electron chi connectivity index (χ4n) is 2.31. The van der Waals surface area contributed by atoms with E-state index >= 15 is 0 Å². The highest BCUT2D eigenvalue weighted by Gasteiger charge is 2.12. The summed E-state index contributed by atoms with van der Waals surface area (Å²) in [6.45, 7) is -0.510. The molecule has 0 unspecified atom stereocenters. The zero-order valence-electron chi connectivity index (χ0n) is 15.2. The van der Waals surface area contributed by atoms with Gasteiger partial charge in [-0.2, -0.15) is 0 Å². The fourth-order valence-corrected chi connectivity index (χ4v) is 2.31. The van der Waals surface area contributed by atoms with Crippen molar-refractivity contribution >= 4 is 17.8 Å². The molecule has 2 aromatic carbocycles. The highest BCUT2D eigenvalue weighted by Crippen LogP contribution is 2.31. The number of benzene rings is 2. The monoisotopic (exact) mass is 374 g/mol. The fraction of sp³-hybridized carbons (Fsp3) is 0.200. The Labute approximate surface area is 156 Å². The number of ether oxygens (including phenoxy) is 4. The van der Waals surface area contributed by atoms with E-state index in [-0.39, 0.29) is 11.3 Å². The van der Waals surface area contributed by atoms with Crippen LogP contribution in [0.3, 0.4) is 0 Å². The van der Waals surface area contributed by atoms with Gasteiger partial charge in [-0.3, -0.25) is 4.79 Å². The first-order chi connectivity index (χ1) is 13.0. The van der Waals surface area contributed by atoms with Gasteiger partial charge in [0.25, 0.3) is 0 Å². The number of hydrogen-bond donors (Lipinski definition) is 0. The molecule has 0 fully saturated rings. The van der Waals surface area contributed by atoms with Crippen LogP contribution in [0.1, 0.15) is 15.9 Å². The first-order valence-electron chi connectivity index (χ1n) is 7.92. The number of carbonyl (C=O) groups excluding carboxylic acids is 2. The number of rotatable bonds is 8. The largest absolute Gasteiger partial charge is 0.494 e. The zero-order chi connectivity index (χ0) is 19.8. The summed E-state index contributed by atoms with van der Waals surface area (Å²) in [6.07, 6.45) is 2.65. The number of ketones is 1. The summed E-state index contributed by atoms with van der Waals surface area (Å²) in [5.74, 6) is -0.906. The summed E-state index contributed by atoms with van der Waals surface area (Å²) in [7, 11) is 4.32. The molecule has 0 N–H and O–H groups in total. The molecule has 27 heavy (non-hydrogen) atoms. The minimum atomic E-state index is -0.720. The Morgan fingerprint density at radius 1 is 1.00 bits per heavy atom. The lowest BCUT2D eigenvalue weighted by atomic mass is 10.1. The van der Waals surface area contributed by atoms with Crippen molar-refractivity contribution in [3.8, 4) is 17.2 Å². The summed E-state index contributed by atoms with van der Waals surface area (Å²) in [4.78, 5) is 23.9. The number of hydrogen-bond acceptors (Lipinski definition) is 6. The molecule has 142 valence electrons. The predicted molar refractivity (Wildman–Crippen MR) is 96.8 cm³/mol. The molecular weight excluding hydrogens is 355 g/mol. The Kier molecular flexibility index (Phi) is 6.93. The normalized spacial score (nSPS) is 10.5. The second kappa shape index (κ2) is 9.38. The van der Waals surface area contributed by atoms with Crippen molar-refractivity contribution in [2.45, 2.75) is 0 Å². The minimum absolute atomic E-state index is 0.0266. The van der Waals surface area contributed by atoms with E-state index in [4.69, 9.17) is 18.9 Å². The third kappa shape index (κ3) is 5.07. The van der Waals surface area contributed by atoms with Crippen LogP contribution in [-0.2, 0) is 9.53 Å². The molecule has 0 aromatic heterocycles. The van der Waals surface area contributed by atoms with Crippen molar-refractivity contribution in [2.24, 2.45) is 0 Å². The zero-order valence-corrected chi connectivity index (χ0v) is 15.2. The maximum Gasteiger partial charge on any atom is 0.331 e. The molecule has 7 heteroatoms. The molecule has 2 rings (SSSR count). The van der Waals surface area contributed by atoms with Crippen LogP contribution in [0.15, 0.2) is 42.5 Å². The molecule has 0 amide bonds. The van der Waals surface area contributed by atoms with Gasteiger partial charge in [0.05, 0.1) is 21.3 Å². The quantitative estimate of drug-likeness (QED) is 0.401. The van der Waals surface area contributed by atoms with Gasteiger partial charge in [0.1, 0.15) is 0 Å². The van der Waals surface area contributed by atoms with E-state index in [1.165, 1.54) is 45.6 Å². The van der Waals surface area contributed by atoms with Gasteiger partial charge < -0.3 is 18.9 Å². The summed E-state index contributed by atoms with van der Waals surface area (Å²) in [6, 6.07) is 8.96. The lowest BCUT2D eigenvalue weighted by Crippen LogP contribution is -2.12. The second-order valence-electron chi connectivity index (χ2n) is 5.30. The van der Waals surface area contributed by atoms with Gasteiger partial charge in [0.2, 0.25) is 0 Å². The van der Waals surface area contributed by atoms with Crippen molar-refractivity contribution in [1.82, 2.24) is 0 Å². The number of Topliss-reactive ketones (excluding diaryl/α,β-unsaturated/α-hetero) is 1. The van der Waals surface area contributed by atoms with E-state index in [0.717, 1.165) is 6.07 Å². The Morgan fingerprint density at radius 3 is 2.37 bits per heavy atom. The van der Waals surface area contributed by atoms with E-state index in [2.05, 4.69) is 0 Å². The number of esters is 1. The van der Waals surface area contributed by atoms with Crippen LogP contribution in [0.4, 0.5) is 4.39 Å². The van der Waals surface area contributed by atoms with E-state index < -0.39 is 24.2 Å². The van der Waals surface area contributed by atoms with Crippen LogP contribution in [0.5, 0.6) is 17.2 Å². The van der Waals surface area contributed by atoms with E-state index in [0.29, 0.717) is 17.1 Å². The Hall–Kier alpha value is -3.35. The molecule has 6 nitrogen and oxygen atoms in total. The van der Waals surface area contributed by atoms with Gasteiger partial charge in [-0.15, -0.1) is 0 Å². The number of carbonyl (C=O) groups is 2. The van der Waals surface area contributed by atoms with Crippen LogP contribution in [0.25, 0.3) is 6.08 Å². The van der Waals surface area contributed by atoms with Crippen molar-refractivity contribution in [3.63, 3.8) is 0 Å². The molecule has 0 aliphatic rings. The summed E-state index contributed by atoms with van der Waals surface area (Å²) < 4.78 is 33.8. The van der Waals surface area contributed by atoms with E-state index in [1.54, 1.807) is 18.2 Å². The van der Waals surface area contributed by atoms with Gasteiger partial charge >= 0.3 is 5.97 Å². The van der Waals surface area contributed by atoms with Gasteiger partial charge in [0, 0.05) is 17.2 Å². The molecule has 0 heterocycles. The molecule has 0 spiro atoms. The van der Waals surface area contributed by atoms with Crippen molar-refractivity contribution < 1.29 is 32.9 Å². The highest BCUT2D eigenvalue weighted by molar-refractivity contribution is 5.99. The maximum absolute atomic E-state index is 13.6. The minimum Gasteiger partial charge on any atom is -0.494 e. The first-order valence-corrected chi connectivity index (χ1v) is 7.92. The standard InChI is InChI=1S/C20H19FO6/c1-24-17-9-7-14(11-15(17)21)16(22)12-27-19(23)10-8-13-5-4-6-18(25-2)20(13)26-3/h4-11H,12H2,1-3H3/b10-8+. The average molecular weight is 374 g/mol. The third-order valence-corrected chi connectivity index (χ3v) is 3.65. The average Bonchev–Trinajstić information content (AvgIpc) is 2.69. The van der Waals surface area contributed by atoms with Crippen LogP contribution >= 0.6 is 0 Å². The molecular formula is C20H19FO6. The molecule has 0 aliphatic heterocycles. The molecule has 0 atom stereocenters. The molecule has 2 aromatic rings. The molecule has 0 saturated heterocycles. The lowest BCUT2D eigenvalue weighted by Gasteiger charge is -2.09. The number of para-hydroxylation sites is 1. The third-order valence-electron chi connectivity index (χ3n) is 3.65. The van der Waals surface area contributed by atoms with Gasteiger partial charge in [-0.05, 0) is 30.3 Å². The molecule has 0 saturated carbocycles. The molecule has 0 aliphatic carbocycles. The van der Waals surface area contributed by atoms with Crippen LogP contribution in [0, 0.1) is 5.82 Å². The Bertz CT molecular complexity index is 860. The topological polar surface area (TPSA) is 71.1 Å². The summed E-state index contributed by atoms with van der Waals surface area (Å²) in [5, 5.41) is 0. The van der Waals surface area contributed by atoms with Crippen molar-refractivity contribution in [2.75, 3.05) is 27.9 Å². The highest BCUT2D eigenvalue weighted by atomic mass is 19.1. The summed E-state index contributed by atoms with van der Waals surface area (Å²) >= 11 is 0. The van der Waals surface area contributed by atoms with Crippen molar-refractivity contribution in [3.05, 3.63) is 59.4 Å². The Balaban J connectivity index is 1.99. The first kappa shape index (κ1) is 20.0. The van der Waals surface area contributed by atoms with Crippen LogP contribution in [0.2, 0.25) is 0 Å². The van der Waals surface area contributed by atoms with Crippen LogP contribution in [-0.4, -0.2) is 39.7 Å². The van der Waals surface area contributed by atoms with Crippen molar-refractivity contribution in [1.29, 1.82) is 0 Å². The van der Waals surface area contributed by atoms with Gasteiger partial charge in [0.15, 0.2) is 35.5 Å². The maximum atomic E-state index is 13.6. The van der Waals surface area contributed by atoms with Gasteiger partial charge in [-0.25, -0.2) is 9.18 Å². The molecule has 0 bridgehead atoms. The number of methoxy groups -OCH3 is 3. The number of halogens is 1. The van der Waals surface area contributed by atoms with E-state index in [9.17, 15) is 14.0 Å². The second-order valence-corrected chi connectivity index (χ2v) is 5.30. The SMILES string of the molecule is COc1ccc(C(=O)COC(=O)/C=C/c2cccc(OC)c2OC)cc1F. The lowest BCUT2D eigenvalue weighted by molar-refractivity contribution is -0.136. The predicted octanol–water partition coefficient (Wildman–Crippen LogP) is 3.29. The van der Waals surface area contributed by atoms with Crippen LogP contribution < -0.4 is 14.2 Å². The van der Waals surface area contributed by atoms with E-state index in [1.807, 2.05) is 0 Å². The smallest absolute Gasteiger partial charge is 0.331 e. The Morgan fingerprint density at radius 2 is 1.74 bits per heavy atom.